The van der Waals surface area contributed by atoms with E-state index in [-0.39, 0.29) is 5.78 Å². The van der Waals surface area contributed by atoms with E-state index < -0.39 is 0 Å². The van der Waals surface area contributed by atoms with Gasteiger partial charge >= 0.3 is 0 Å². The van der Waals surface area contributed by atoms with Crippen molar-refractivity contribution >= 4 is 23.3 Å². The lowest BCUT2D eigenvalue weighted by Gasteiger charge is -2.01. The highest BCUT2D eigenvalue weighted by molar-refractivity contribution is 6.20. The van der Waals surface area contributed by atoms with E-state index in [9.17, 15) is 4.79 Å². The van der Waals surface area contributed by atoms with Crippen LogP contribution >= 0.6 is 0 Å². The Hall–Kier alpha value is -3.14. The summed E-state index contributed by atoms with van der Waals surface area (Å²) in [6.07, 6.45) is 3.93. The molecule has 4 rings (SSSR count). The normalized spacial score (nSPS) is 14.7. The molecule has 0 saturated carbocycles. The molecule has 1 aliphatic rings. The van der Waals surface area contributed by atoms with Gasteiger partial charge in [0.1, 0.15) is 0 Å². The van der Waals surface area contributed by atoms with Crippen molar-refractivity contribution in [1.29, 1.82) is 0 Å². The first kappa shape index (κ1) is 15.4. The average molecular weight is 329 g/mol. The Bertz CT molecular complexity index is 1030. The molecule has 124 valence electrons. The number of H-pyrrole nitrogens is 2. The second-order valence-electron chi connectivity index (χ2n) is 6.34. The van der Waals surface area contributed by atoms with Gasteiger partial charge in [0.2, 0.25) is 0 Å². The third-order valence-electron chi connectivity index (χ3n) is 4.65. The molecule has 0 spiro atoms. The lowest BCUT2D eigenvalue weighted by molar-refractivity contribution is 0.101. The second-order valence-corrected chi connectivity index (χ2v) is 6.34. The molecule has 1 aromatic carbocycles. The van der Waals surface area contributed by atoms with Crippen molar-refractivity contribution in [3.8, 4) is 0 Å². The number of rotatable bonds is 3. The molecule has 3 aromatic rings. The summed E-state index contributed by atoms with van der Waals surface area (Å²) in [5, 5.41) is 0. The fraction of sp³-hybridized carbons (Fsp3) is 0.143. The van der Waals surface area contributed by atoms with E-state index in [1.54, 1.807) is 6.92 Å². The van der Waals surface area contributed by atoms with Crippen LogP contribution in [-0.2, 0) is 0 Å². The number of benzene rings is 1. The number of aromatic nitrogens is 2. The minimum absolute atomic E-state index is 0.0818. The molecule has 2 aromatic heterocycles. The first-order valence-electron chi connectivity index (χ1n) is 8.30. The second kappa shape index (κ2) is 5.74. The number of fused-ring (bicyclic) bond motifs is 1. The molecule has 0 saturated heterocycles. The maximum atomic E-state index is 11.9. The van der Waals surface area contributed by atoms with Gasteiger partial charge in [-0.05, 0) is 44.5 Å². The molecule has 4 heteroatoms. The number of hydrogen-bond acceptors (Lipinski definition) is 2. The molecule has 25 heavy (non-hydrogen) atoms. The van der Waals surface area contributed by atoms with Crippen molar-refractivity contribution in [3.05, 3.63) is 81.9 Å². The Balaban J connectivity index is 1.88. The van der Waals surface area contributed by atoms with Gasteiger partial charge in [0.25, 0.3) is 0 Å². The van der Waals surface area contributed by atoms with Crippen LogP contribution in [0.4, 0.5) is 0 Å². The molecular weight excluding hydrogens is 310 g/mol. The molecule has 0 bridgehead atoms. The smallest absolute Gasteiger partial charge is 0.161 e. The summed E-state index contributed by atoms with van der Waals surface area (Å²) in [4.78, 5) is 23.3. The molecule has 0 atom stereocenters. The molecule has 0 unspecified atom stereocenters. The van der Waals surface area contributed by atoms with Gasteiger partial charge in [-0.25, -0.2) is 4.99 Å². The van der Waals surface area contributed by atoms with E-state index in [0.29, 0.717) is 0 Å². The largest absolute Gasteiger partial charge is 0.360 e. The van der Waals surface area contributed by atoms with Crippen molar-refractivity contribution in [2.24, 2.45) is 4.99 Å². The van der Waals surface area contributed by atoms with Crippen molar-refractivity contribution in [2.75, 3.05) is 0 Å². The van der Waals surface area contributed by atoms with Gasteiger partial charge in [0, 0.05) is 34.3 Å². The summed E-state index contributed by atoms with van der Waals surface area (Å²) in [5.41, 5.74) is 8.64. The maximum Gasteiger partial charge on any atom is 0.161 e. The summed E-state index contributed by atoms with van der Waals surface area (Å²) in [7, 11) is 0. The zero-order valence-corrected chi connectivity index (χ0v) is 14.5. The van der Waals surface area contributed by atoms with Gasteiger partial charge in [0.15, 0.2) is 5.78 Å². The maximum absolute atomic E-state index is 11.9. The van der Waals surface area contributed by atoms with Gasteiger partial charge in [0.05, 0.1) is 17.1 Å². The molecule has 0 radical (unpaired) electrons. The van der Waals surface area contributed by atoms with E-state index in [1.165, 1.54) is 0 Å². The first-order valence-corrected chi connectivity index (χ1v) is 8.30. The summed E-state index contributed by atoms with van der Waals surface area (Å²) in [5.74, 6) is 0.0818. The van der Waals surface area contributed by atoms with E-state index in [4.69, 9.17) is 4.99 Å². The van der Waals surface area contributed by atoms with Crippen LogP contribution in [0.3, 0.4) is 0 Å². The molecule has 0 amide bonds. The van der Waals surface area contributed by atoms with Crippen molar-refractivity contribution < 1.29 is 4.79 Å². The predicted octanol–water partition coefficient (Wildman–Crippen LogP) is 4.51. The number of hydrogen-bond donors (Lipinski definition) is 2. The number of aliphatic imine (C=N–C) groups is 1. The Kier molecular flexibility index (Phi) is 3.53. The third-order valence-corrected chi connectivity index (χ3v) is 4.65. The van der Waals surface area contributed by atoms with Gasteiger partial charge in [-0.1, -0.05) is 24.3 Å². The van der Waals surface area contributed by atoms with Crippen LogP contribution in [0, 0.1) is 13.8 Å². The van der Waals surface area contributed by atoms with Crippen LogP contribution in [0.2, 0.25) is 0 Å². The highest BCUT2D eigenvalue weighted by Crippen LogP contribution is 2.33. The van der Waals surface area contributed by atoms with Gasteiger partial charge in [-0.2, -0.15) is 0 Å². The van der Waals surface area contributed by atoms with Crippen LogP contribution in [0.1, 0.15) is 51.1 Å². The van der Waals surface area contributed by atoms with Gasteiger partial charge in [-0.15, -0.1) is 0 Å². The summed E-state index contributed by atoms with van der Waals surface area (Å²) < 4.78 is 0. The van der Waals surface area contributed by atoms with Gasteiger partial charge < -0.3 is 9.97 Å². The monoisotopic (exact) mass is 329 g/mol. The summed E-state index contributed by atoms with van der Waals surface area (Å²) in [6, 6.07) is 12.2. The molecule has 3 heterocycles. The number of carbonyl (C=O) groups excluding carboxylic acids is 1. The van der Waals surface area contributed by atoms with E-state index in [2.05, 4.69) is 22.1 Å². The fourth-order valence-electron chi connectivity index (χ4n) is 3.53. The molecule has 0 fully saturated rings. The Labute approximate surface area is 146 Å². The first-order chi connectivity index (χ1) is 12.1. The summed E-state index contributed by atoms with van der Waals surface area (Å²) in [6.45, 7) is 5.51. The number of aryl methyl sites for hydroxylation is 1. The van der Waals surface area contributed by atoms with Crippen molar-refractivity contribution in [2.45, 2.75) is 20.8 Å². The van der Waals surface area contributed by atoms with E-state index in [0.717, 1.165) is 50.7 Å². The topological polar surface area (TPSA) is 61.0 Å². The number of aromatic amines is 2. The molecule has 1 aliphatic heterocycles. The third kappa shape index (κ3) is 2.47. The fourth-order valence-corrected chi connectivity index (χ4v) is 3.53. The zero-order chi connectivity index (χ0) is 17.6. The zero-order valence-electron chi connectivity index (χ0n) is 14.5. The molecule has 0 aliphatic carbocycles. The molecular formula is C21H19N3O. The summed E-state index contributed by atoms with van der Waals surface area (Å²) >= 11 is 0. The minimum Gasteiger partial charge on any atom is -0.360 e. The average Bonchev–Trinajstić information content (AvgIpc) is 3.27. The van der Waals surface area contributed by atoms with Crippen LogP contribution in [0.25, 0.3) is 11.8 Å². The highest BCUT2D eigenvalue weighted by Gasteiger charge is 2.22. The van der Waals surface area contributed by atoms with Crippen LogP contribution in [0.15, 0.2) is 47.6 Å². The molecule has 2 N–H and O–H groups in total. The minimum atomic E-state index is 0.0818. The lowest BCUT2D eigenvalue weighted by Crippen LogP contribution is -2.00. The number of Topliss-reactive ketones (excluding diaryl/α,β-unsaturated/α-hetero) is 1. The highest BCUT2D eigenvalue weighted by atomic mass is 16.1. The Morgan fingerprint density at radius 3 is 2.48 bits per heavy atom. The predicted molar refractivity (Wildman–Crippen MR) is 101 cm³/mol. The SMILES string of the molecule is CC(=O)c1c(C)[nH]c(/C=C2\N=C(c3ccc[nH]3)c3ccccc32)c1C. The quantitative estimate of drug-likeness (QED) is 0.682. The van der Waals surface area contributed by atoms with Crippen molar-refractivity contribution in [1.82, 2.24) is 9.97 Å². The van der Waals surface area contributed by atoms with Crippen LogP contribution in [-0.4, -0.2) is 21.5 Å². The number of nitrogens with zero attached hydrogens (tertiary/aromatic N) is 1. The van der Waals surface area contributed by atoms with Crippen LogP contribution in [0.5, 0.6) is 0 Å². The number of nitrogens with one attached hydrogen (secondary N) is 2. The van der Waals surface area contributed by atoms with Gasteiger partial charge in [-0.3, -0.25) is 4.79 Å². The Morgan fingerprint density at radius 2 is 1.84 bits per heavy atom. The Morgan fingerprint density at radius 1 is 1.08 bits per heavy atom. The van der Waals surface area contributed by atoms with Crippen molar-refractivity contribution in [3.63, 3.8) is 0 Å². The van der Waals surface area contributed by atoms with E-state index >= 15 is 0 Å². The number of ketones is 1. The van der Waals surface area contributed by atoms with Crippen LogP contribution < -0.4 is 0 Å². The number of carbonyl (C=O) groups is 1. The molecule has 4 nitrogen and oxygen atoms in total. The van der Waals surface area contributed by atoms with E-state index in [1.807, 2.05) is 50.4 Å². The lowest BCUT2D eigenvalue weighted by atomic mass is 10.0. The standard InChI is InChI=1S/C21H19N3O/c1-12-18(23-13(2)20(12)14(3)25)11-19-15-7-4-5-8-16(15)21(24-19)17-9-6-10-22-17/h4-11,22-23H,1-3H3/b19-11-.